The molecule has 1 heterocycles. The number of nitro groups is 1. The first-order valence-corrected chi connectivity index (χ1v) is 6.44. The van der Waals surface area contributed by atoms with E-state index in [9.17, 15) is 10.1 Å². The molecule has 1 atom stereocenters. The zero-order valence-corrected chi connectivity index (χ0v) is 11.4. The Hall–Kier alpha value is -1.37. The van der Waals surface area contributed by atoms with Gasteiger partial charge in [-0.05, 0) is 13.1 Å². The predicted molar refractivity (Wildman–Crippen MR) is 74.0 cm³/mol. The van der Waals surface area contributed by atoms with E-state index in [2.05, 4.69) is 10.2 Å². The quantitative estimate of drug-likeness (QED) is 0.673. The molecule has 0 aromatic heterocycles. The van der Waals surface area contributed by atoms with E-state index in [4.69, 9.17) is 16.3 Å². The molecule has 1 saturated heterocycles. The largest absolute Gasteiger partial charge is 0.373 e. The summed E-state index contributed by atoms with van der Waals surface area (Å²) in [6, 6.07) is 4.56. The van der Waals surface area contributed by atoms with Crippen molar-refractivity contribution in [1.82, 2.24) is 5.32 Å². The van der Waals surface area contributed by atoms with Gasteiger partial charge in [-0.1, -0.05) is 11.6 Å². The topological polar surface area (TPSA) is 67.6 Å². The summed E-state index contributed by atoms with van der Waals surface area (Å²) in [5.41, 5.74) is 0.824. The lowest BCUT2D eigenvalue weighted by Gasteiger charge is -2.34. The number of anilines is 1. The van der Waals surface area contributed by atoms with Crippen LogP contribution in [0, 0.1) is 10.1 Å². The smallest absolute Gasteiger partial charge is 0.271 e. The van der Waals surface area contributed by atoms with Gasteiger partial charge in [0.1, 0.15) is 0 Å². The van der Waals surface area contributed by atoms with Crippen molar-refractivity contribution < 1.29 is 9.66 Å². The van der Waals surface area contributed by atoms with Crippen LogP contribution in [0.25, 0.3) is 0 Å². The third-order valence-electron chi connectivity index (χ3n) is 3.05. The van der Waals surface area contributed by atoms with Gasteiger partial charge in [-0.15, -0.1) is 0 Å². The number of nitrogens with zero attached hydrogens (tertiary/aromatic N) is 2. The molecule has 6 nitrogen and oxygen atoms in total. The molecule has 0 bridgehead atoms. The number of likely N-dealkylation sites (N-methyl/N-ethyl adjacent to an activating group) is 1. The Morgan fingerprint density at radius 1 is 1.63 bits per heavy atom. The summed E-state index contributed by atoms with van der Waals surface area (Å²) in [6.45, 7) is 2.84. The van der Waals surface area contributed by atoms with Crippen molar-refractivity contribution in [1.29, 1.82) is 0 Å². The Labute approximate surface area is 116 Å². The Bertz CT molecular complexity index is 468. The Morgan fingerprint density at radius 3 is 3.05 bits per heavy atom. The number of non-ortho nitro benzene ring substituents is 1. The molecule has 104 valence electrons. The van der Waals surface area contributed by atoms with Crippen LogP contribution in [0.4, 0.5) is 11.4 Å². The zero-order valence-electron chi connectivity index (χ0n) is 10.6. The van der Waals surface area contributed by atoms with E-state index in [0.29, 0.717) is 11.6 Å². The number of hydrogen-bond acceptors (Lipinski definition) is 5. The molecule has 0 amide bonds. The second-order valence-electron chi connectivity index (χ2n) is 4.39. The average Bonchev–Trinajstić information content (AvgIpc) is 2.39. The highest BCUT2D eigenvalue weighted by Crippen LogP contribution is 2.30. The summed E-state index contributed by atoms with van der Waals surface area (Å²) in [4.78, 5) is 12.3. The van der Waals surface area contributed by atoms with E-state index in [0.717, 1.165) is 25.3 Å². The van der Waals surface area contributed by atoms with Gasteiger partial charge >= 0.3 is 0 Å². The number of nitro benzene ring substituents is 1. The first-order chi connectivity index (χ1) is 9.11. The summed E-state index contributed by atoms with van der Waals surface area (Å²) >= 11 is 6.13. The van der Waals surface area contributed by atoms with Crippen molar-refractivity contribution in [3.05, 3.63) is 33.3 Å². The molecular weight excluding hydrogens is 270 g/mol. The zero-order chi connectivity index (χ0) is 13.8. The van der Waals surface area contributed by atoms with Crippen LogP contribution in [0.2, 0.25) is 5.02 Å². The van der Waals surface area contributed by atoms with Gasteiger partial charge in [0, 0.05) is 31.8 Å². The first kappa shape index (κ1) is 14.0. The van der Waals surface area contributed by atoms with Crippen LogP contribution in [0.15, 0.2) is 18.2 Å². The van der Waals surface area contributed by atoms with Crippen LogP contribution in [0.5, 0.6) is 0 Å². The summed E-state index contributed by atoms with van der Waals surface area (Å²) in [7, 11) is 1.88. The average molecular weight is 286 g/mol. The predicted octanol–water partition coefficient (Wildman–Crippen LogP) is 1.67. The van der Waals surface area contributed by atoms with Crippen LogP contribution in [0.3, 0.4) is 0 Å². The van der Waals surface area contributed by atoms with Crippen molar-refractivity contribution in [2.24, 2.45) is 0 Å². The summed E-state index contributed by atoms with van der Waals surface area (Å²) in [5, 5.41) is 14.2. The van der Waals surface area contributed by atoms with Crippen molar-refractivity contribution >= 4 is 23.0 Å². The second kappa shape index (κ2) is 6.18. The van der Waals surface area contributed by atoms with Crippen molar-refractivity contribution in [3.8, 4) is 0 Å². The normalized spacial score (nSPS) is 19.5. The van der Waals surface area contributed by atoms with Gasteiger partial charge in [0.15, 0.2) is 0 Å². The Morgan fingerprint density at radius 2 is 2.42 bits per heavy atom. The lowest BCUT2D eigenvalue weighted by atomic mass is 10.2. The van der Waals surface area contributed by atoms with Crippen LogP contribution in [0.1, 0.15) is 0 Å². The number of hydrogen-bond donors (Lipinski definition) is 1. The van der Waals surface area contributed by atoms with Crippen molar-refractivity contribution in [3.63, 3.8) is 0 Å². The Kier molecular flexibility index (Phi) is 4.57. The van der Waals surface area contributed by atoms with Crippen LogP contribution in [-0.4, -0.2) is 44.3 Å². The van der Waals surface area contributed by atoms with Gasteiger partial charge < -0.3 is 15.0 Å². The molecule has 19 heavy (non-hydrogen) atoms. The molecule has 1 aliphatic heterocycles. The van der Waals surface area contributed by atoms with Crippen molar-refractivity contribution in [2.75, 3.05) is 38.2 Å². The summed E-state index contributed by atoms with van der Waals surface area (Å²) in [6.07, 6.45) is 0.102. The highest BCUT2D eigenvalue weighted by Gasteiger charge is 2.22. The fourth-order valence-corrected chi connectivity index (χ4v) is 2.45. The molecule has 1 N–H and O–H groups in total. The van der Waals surface area contributed by atoms with E-state index >= 15 is 0 Å². The maximum absolute atomic E-state index is 10.7. The molecule has 2 rings (SSSR count). The number of benzene rings is 1. The van der Waals surface area contributed by atoms with E-state index < -0.39 is 4.92 Å². The van der Waals surface area contributed by atoms with Gasteiger partial charge in [-0.2, -0.15) is 0 Å². The van der Waals surface area contributed by atoms with E-state index in [1.54, 1.807) is 6.07 Å². The molecule has 0 aliphatic carbocycles. The molecule has 1 aromatic rings. The minimum absolute atomic E-state index is 0.00813. The van der Waals surface area contributed by atoms with Gasteiger partial charge in [0.05, 0.1) is 28.3 Å². The summed E-state index contributed by atoms with van der Waals surface area (Å²) in [5.74, 6) is 0. The molecule has 0 radical (unpaired) electrons. The van der Waals surface area contributed by atoms with Crippen molar-refractivity contribution in [2.45, 2.75) is 6.10 Å². The number of ether oxygens (including phenoxy) is 1. The van der Waals surface area contributed by atoms with Gasteiger partial charge in [0.2, 0.25) is 0 Å². The molecule has 1 unspecified atom stereocenters. The lowest BCUT2D eigenvalue weighted by molar-refractivity contribution is -0.384. The third kappa shape index (κ3) is 3.34. The molecule has 0 saturated carbocycles. The molecule has 1 aliphatic rings. The molecule has 0 spiro atoms. The highest BCUT2D eigenvalue weighted by atomic mass is 35.5. The number of rotatable bonds is 4. The molecule has 7 heteroatoms. The Balaban J connectivity index is 2.15. The maximum Gasteiger partial charge on any atom is 0.271 e. The second-order valence-corrected chi connectivity index (χ2v) is 4.80. The van der Waals surface area contributed by atoms with Crippen LogP contribution < -0.4 is 10.2 Å². The van der Waals surface area contributed by atoms with E-state index in [1.165, 1.54) is 12.1 Å². The monoisotopic (exact) mass is 285 g/mol. The third-order valence-corrected chi connectivity index (χ3v) is 3.36. The molecule has 1 aromatic carbocycles. The van der Waals surface area contributed by atoms with E-state index in [-0.39, 0.29) is 11.8 Å². The van der Waals surface area contributed by atoms with Crippen LogP contribution >= 0.6 is 11.6 Å². The fraction of sp³-hybridized carbons (Fsp3) is 0.500. The van der Waals surface area contributed by atoms with Gasteiger partial charge in [-0.3, -0.25) is 10.1 Å². The number of halogens is 1. The highest BCUT2D eigenvalue weighted by molar-refractivity contribution is 6.33. The SMILES string of the molecule is CNCC1CN(c2ccc([N+](=O)[O-])cc2Cl)CCO1. The minimum Gasteiger partial charge on any atom is -0.373 e. The number of nitrogens with one attached hydrogen (secondary N) is 1. The minimum atomic E-state index is -0.446. The molecule has 1 fully saturated rings. The lowest BCUT2D eigenvalue weighted by Crippen LogP contribution is -2.46. The first-order valence-electron chi connectivity index (χ1n) is 6.07. The number of morpholine rings is 1. The maximum atomic E-state index is 10.7. The van der Waals surface area contributed by atoms with Gasteiger partial charge in [-0.25, -0.2) is 0 Å². The standard InChI is InChI=1S/C12H16ClN3O3/c1-14-7-10-8-15(4-5-19-10)12-3-2-9(16(17)18)6-11(12)13/h2-3,6,10,14H,4-5,7-8H2,1H3. The van der Waals surface area contributed by atoms with Gasteiger partial charge in [0.25, 0.3) is 5.69 Å². The van der Waals surface area contributed by atoms with Crippen LogP contribution in [-0.2, 0) is 4.74 Å². The summed E-state index contributed by atoms with van der Waals surface area (Å²) < 4.78 is 5.62. The molecular formula is C12H16ClN3O3. The van der Waals surface area contributed by atoms with E-state index in [1.807, 2.05) is 7.05 Å². The fourth-order valence-electron chi connectivity index (χ4n) is 2.16.